The van der Waals surface area contributed by atoms with E-state index in [0.717, 1.165) is 36.0 Å². The van der Waals surface area contributed by atoms with E-state index in [1.165, 1.54) is 10.9 Å². The summed E-state index contributed by atoms with van der Waals surface area (Å²) in [4.78, 5) is 12.6. The average Bonchev–Trinajstić information content (AvgIpc) is 2.99. The third-order valence-corrected chi connectivity index (χ3v) is 6.10. The Labute approximate surface area is 166 Å². The molecule has 0 saturated heterocycles. The summed E-state index contributed by atoms with van der Waals surface area (Å²) in [5.41, 5.74) is 4.47. The smallest absolute Gasteiger partial charge is 0.321 e. The number of nitrogens with zero attached hydrogens (tertiary/aromatic N) is 1. The second-order valence-electron chi connectivity index (χ2n) is 6.85. The number of rotatable bonds is 4. The van der Waals surface area contributed by atoms with Gasteiger partial charge in [-0.1, -0.05) is 48.5 Å². The first-order valence-corrected chi connectivity index (χ1v) is 9.84. The Morgan fingerprint density at radius 1 is 1.19 bits per heavy atom. The number of fused-ring (bicyclic) bond motifs is 3. The van der Waals surface area contributed by atoms with Crippen molar-refractivity contribution in [2.45, 2.75) is 31.6 Å². The molecule has 0 amide bonds. The number of hydrogen-bond acceptors (Lipinski definition) is 2. The Morgan fingerprint density at radius 2 is 1.92 bits per heavy atom. The predicted molar refractivity (Wildman–Crippen MR) is 108 cm³/mol. The van der Waals surface area contributed by atoms with E-state index in [1.54, 1.807) is 4.09 Å². The highest BCUT2D eigenvalue weighted by Gasteiger charge is 2.37. The monoisotopic (exact) mass is 431 g/mol. The predicted octanol–water partition coefficient (Wildman–Crippen LogP) is 5.78. The Morgan fingerprint density at radius 3 is 2.69 bits per heavy atom. The summed E-state index contributed by atoms with van der Waals surface area (Å²) in [6.45, 7) is 0. The maximum atomic E-state index is 12.6. The number of halogens is 2. The van der Waals surface area contributed by atoms with Crippen molar-refractivity contribution in [1.29, 1.82) is 0 Å². The van der Waals surface area contributed by atoms with Crippen LogP contribution < -0.4 is 0 Å². The molecule has 0 radical (unpaired) electrons. The largest absolute Gasteiger partial charge is 0.383 e. The minimum atomic E-state index is -0.280. The first-order chi connectivity index (χ1) is 12.7. The zero-order chi connectivity index (χ0) is 18.1. The van der Waals surface area contributed by atoms with Crippen LogP contribution in [0.5, 0.6) is 0 Å². The molecule has 1 aliphatic rings. The van der Waals surface area contributed by atoms with Crippen molar-refractivity contribution < 1.29 is 8.62 Å². The molecule has 26 heavy (non-hydrogen) atoms. The molecule has 4 rings (SSSR count). The van der Waals surface area contributed by atoms with Crippen molar-refractivity contribution in [2.75, 3.05) is 0 Å². The molecule has 0 fully saturated rings. The van der Waals surface area contributed by atoms with Crippen LogP contribution in [0.15, 0.2) is 54.6 Å². The minimum absolute atomic E-state index is 0.0360. The van der Waals surface area contributed by atoms with E-state index in [0.29, 0.717) is 6.42 Å². The summed E-state index contributed by atoms with van der Waals surface area (Å²) in [5, 5.41) is 1.19. The zero-order valence-corrected chi connectivity index (χ0v) is 16.5. The summed E-state index contributed by atoms with van der Waals surface area (Å²) in [7, 11) is 0. The van der Waals surface area contributed by atoms with Gasteiger partial charge in [0.25, 0.3) is 0 Å². The Hall–Kier alpha value is -1.78. The molecule has 1 heterocycles. The molecule has 2 aromatic carbocycles. The maximum absolute atomic E-state index is 12.6. The van der Waals surface area contributed by atoms with Gasteiger partial charge in [0.15, 0.2) is 16.3 Å². The highest BCUT2D eigenvalue weighted by atomic mass is 79.9. The second-order valence-corrected chi connectivity index (χ2v) is 7.51. The molecule has 2 atom stereocenters. The number of aromatic nitrogens is 1. The first kappa shape index (κ1) is 17.6. The van der Waals surface area contributed by atoms with Gasteiger partial charge in [0.1, 0.15) is 0 Å². The van der Waals surface area contributed by atoms with Crippen LogP contribution in [0.1, 0.15) is 35.6 Å². The molecule has 3 aromatic rings. The molecule has 3 nitrogen and oxygen atoms in total. The van der Waals surface area contributed by atoms with Gasteiger partial charge in [-0.25, -0.2) is 0 Å². The molecule has 0 saturated carbocycles. The molecule has 2 unspecified atom stereocenters. The number of para-hydroxylation sites is 1. The summed E-state index contributed by atoms with van der Waals surface area (Å²) >= 11 is 9.62. The minimum Gasteiger partial charge on any atom is -0.383 e. The fraction of sp³-hybridized carbons (Fsp3) is 0.286. The lowest BCUT2D eigenvalue weighted by Crippen LogP contribution is -2.28. The molecule has 0 aliphatic heterocycles. The normalized spacial score (nSPS) is 17.7. The number of carbonyl (C=O) groups is 1. The number of aryl methyl sites for hydroxylation is 1. The van der Waals surface area contributed by atoms with E-state index >= 15 is 0 Å². The maximum Gasteiger partial charge on any atom is 0.321 e. The highest BCUT2D eigenvalue weighted by Crippen LogP contribution is 2.44. The van der Waals surface area contributed by atoms with Crippen molar-refractivity contribution in [1.82, 2.24) is 4.09 Å². The van der Waals surface area contributed by atoms with Crippen LogP contribution in [0.3, 0.4) is 0 Å². The lowest BCUT2D eigenvalue weighted by molar-refractivity contribution is -0.137. The van der Waals surface area contributed by atoms with Gasteiger partial charge in [-0.3, -0.25) is 8.88 Å². The summed E-state index contributed by atoms with van der Waals surface area (Å²) in [6.07, 6.45) is 3.60. The molecule has 134 valence electrons. The summed E-state index contributed by atoms with van der Waals surface area (Å²) < 4.78 is 6.75. The van der Waals surface area contributed by atoms with Gasteiger partial charge < -0.3 is 3.83 Å². The first-order valence-electron chi connectivity index (χ1n) is 8.85. The van der Waals surface area contributed by atoms with Gasteiger partial charge in [0.05, 0.1) is 11.4 Å². The van der Waals surface area contributed by atoms with Gasteiger partial charge in [-0.2, -0.15) is 0 Å². The van der Waals surface area contributed by atoms with Crippen molar-refractivity contribution >= 4 is 44.9 Å². The Bertz CT molecular complexity index is 938. The van der Waals surface area contributed by atoms with Gasteiger partial charge >= 0.3 is 5.97 Å². The molecular formula is C21H19BrClNO2. The zero-order valence-electron chi connectivity index (χ0n) is 14.2. The van der Waals surface area contributed by atoms with E-state index in [1.807, 2.05) is 36.4 Å². The lowest BCUT2D eigenvalue weighted by Gasteiger charge is -2.29. The highest BCUT2D eigenvalue weighted by molar-refractivity contribution is 9.06. The van der Waals surface area contributed by atoms with Gasteiger partial charge in [0, 0.05) is 28.8 Å². The van der Waals surface area contributed by atoms with Crippen LogP contribution in [-0.4, -0.2) is 10.1 Å². The van der Waals surface area contributed by atoms with Crippen molar-refractivity contribution in [3.8, 4) is 0 Å². The number of benzene rings is 2. The lowest BCUT2D eigenvalue weighted by atomic mass is 9.76. The third-order valence-electron chi connectivity index (χ3n) is 5.42. The average molecular weight is 433 g/mol. The van der Waals surface area contributed by atoms with E-state index < -0.39 is 0 Å². The molecule has 1 aromatic heterocycles. The Kier molecular flexibility index (Phi) is 5.05. The van der Waals surface area contributed by atoms with E-state index in [4.69, 9.17) is 15.6 Å². The van der Waals surface area contributed by atoms with E-state index in [2.05, 4.69) is 34.5 Å². The van der Waals surface area contributed by atoms with Crippen molar-refractivity contribution in [2.24, 2.45) is 5.92 Å². The van der Waals surface area contributed by atoms with E-state index in [9.17, 15) is 4.79 Å². The van der Waals surface area contributed by atoms with Crippen LogP contribution in [-0.2, 0) is 21.5 Å². The number of hydrogen-bond donors (Lipinski definition) is 0. The molecular weight excluding hydrogens is 414 g/mol. The van der Waals surface area contributed by atoms with Crippen LogP contribution in [0.25, 0.3) is 10.9 Å². The molecule has 0 spiro atoms. The fourth-order valence-electron chi connectivity index (χ4n) is 4.26. The van der Waals surface area contributed by atoms with Crippen LogP contribution in [0.2, 0.25) is 0 Å². The van der Waals surface area contributed by atoms with E-state index in [-0.39, 0.29) is 17.8 Å². The van der Waals surface area contributed by atoms with Crippen LogP contribution in [0, 0.1) is 5.92 Å². The SMILES string of the molecule is O=C(OBr)C(Cc1ccccc1)C1CCCc2c1n(Cl)c1ccccc21. The Balaban J connectivity index is 1.80. The second kappa shape index (κ2) is 7.45. The quantitative estimate of drug-likeness (QED) is 0.523. The number of carbonyl (C=O) groups excluding carboxylic acids is 1. The topological polar surface area (TPSA) is 31.2 Å². The van der Waals surface area contributed by atoms with Gasteiger partial charge in [-0.15, -0.1) is 0 Å². The summed E-state index contributed by atoms with van der Waals surface area (Å²) in [6, 6.07) is 18.3. The van der Waals surface area contributed by atoms with Crippen molar-refractivity contribution in [3.05, 3.63) is 71.4 Å². The van der Waals surface area contributed by atoms with Crippen molar-refractivity contribution in [3.63, 3.8) is 0 Å². The molecule has 5 heteroatoms. The fourth-order valence-corrected chi connectivity index (χ4v) is 4.88. The van der Waals surface area contributed by atoms with Gasteiger partial charge in [0.2, 0.25) is 0 Å². The standard InChI is InChI=1S/C21H19BrClNO2/c22-26-21(25)18(13-14-7-2-1-3-8-14)17-11-6-10-16-15-9-4-5-12-19(15)24(23)20(16)17/h1-5,7-9,12,17-18H,6,10-11,13H2. The molecule has 1 aliphatic carbocycles. The summed E-state index contributed by atoms with van der Waals surface area (Å²) in [5.74, 6) is -0.486. The van der Waals surface area contributed by atoms with Gasteiger partial charge in [-0.05, 0) is 42.9 Å². The molecule has 0 bridgehead atoms. The molecule has 0 N–H and O–H groups in total. The van der Waals surface area contributed by atoms with Crippen LogP contribution >= 0.6 is 28.0 Å². The van der Waals surface area contributed by atoms with Crippen LogP contribution in [0.4, 0.5) is 0 Å². The third kappa shape index (κ3) is 3.06.